The van der Waals surface area contributed by atoms with E-state index in [2.05, 4.69) is 25.3 Å². The summed E-state index contributed by atoms with van der Waals surface area (Å²) in [5.74, 6) is 0.154. The number of nitrogens with zero attached hydrogens (tertiary/aromatic N) is 5. The van der Waals surface area contributed by atoms with Crippen LogP contribution in [-0.2, 0) is 0 Å². The number of β-amino-alcohol motifs (C(OH)–C–C–N with tert-alkyl or cyclic N) is 1. The van der Waals surface area contributed by atoms with Crippen LogP contribution in [0.4, 0.5) is 15.9 Å². The van der Waals surface area contributed by atoms with Gasteiger partial charge in [-0.3, -0.25) is 4.98 Å². The summed E-state index contributed by atoms with van der Waals surface area (Å²) in [4.78, 5) is 11.1. The number of fused-ring (bicyclic) bond motifs is 1. The number of hydrogen-bond donors (Lipinski definition) is 3. The lowest BCUT2D eigenvalue weighted by Gasteiger charge is -2.32. The Balaban J connectivity index is 1.44. The van der Waals surface area contributed by atoms with E-state index in [-0.39, 0.29) is 17.9 Å². The number of aliphatic hydroxyl groups excluding tert-OH is 1. The van der Waals surface area contributed by atoms with E-state index in [1.54, 1.807) is 23.0 Å². The molecule has 9 heteroatoms. The summed E-state index contributed by atoms with van der Waals surface area (Å²) in [6.45, 7) is 3.33. The molecule has 4 aromatic rings. The first kappa shape index (κ1) is 21.1. The fourth-order valence-electron chi connectivity index (χ4n) is 4.24. The largest absolute Gasteiger partial charge is 0.508 e. The SMILES string of the molecule is C[C@@H](Nc1ccc2ncc(-c3cc(N4CCC[C@@H](O)C4)ccn3)n2n1)c1cc(F)ccc1O. The number of halogens is 1. The maximum absolute atomic E-state index is 13.7. The lowest BCUT2D eigenvalue weighted by molar-refractivity contribution is 0.154. The molecule has 2 atom stereocenters. The van der Waals surface area contributed by atoms with Crippen molar-refractivity contribution in [2.75, 3.05) is 23.3 Å². The van der Waals surface area contributed by atoms with Gasteiger partial charge in [0.2, 0.25) is 0 Å². The molecule has 33 heavy (non-hydrogen) atoms. The van der Waals surface area contributed by atoms with Crippen molar-refractivity contribution in [3.8, 4) is 17.1 Å². The first-order chi connectivity index (χ1) is 16.0. The van der Waals surface area contributed by atoms with Crippen LogP contribution in [0.1, 0.15) is 31.4 Å². The molecule has 1 aliphatic rings. The Morgan fingerprint density at radius 2 is 2.03 bits per heavy atom. The third-order valence-electron chi connectivity index (χ3n) is 5.95. The van der Waals surface area contributed by atoms with Gasteiger partial charge >= 0.3 is 0 Å². The lowest BCUT2D eigenvalue weighted by atomic mass is 10.1. The fraction of sp³-hybridized carbons (Fsp3) is 0.292. The molecule has 4 heterocycles. The molecule has 0 saturated carbocycles. The first-order valence-corrected chi connectivity index (χ1v) is 11.0. The Labute approximate surface area is 190 Å². The van der Waals surface area contributed by atoms with E-state index in [1.807, 2.05) is 25.1 Å². The van der Waals surface area contributed by atoms with E-state index in [4.69, 9.17) is 0 Å². The van der Waals surface area contributed by atoms with Crippen LogP contribution in [0.5, 0.6) is 5.75 Å². The number of imidazole rings is 1. The van der Waals surface area contributed by atoms with Gasteiger partial charge in [-0.15, -0.1) is 5.10 Å². The average molecular weight is 449 g/mol. The molecule has 0 radical (unpaired) electrons. The highest BCUT2D eigenvalue weighted by Crippen LogP contribution is 2.29. The summed E-state index contributed by atoms with van der Waals surface area (Å²) in [5.41, 5.74) is 3.56. The number of phenols is 1. The summed E-state index contributed by atoms with van der Waals surface area (Å²) in [6.07, 6.45) is 4.94. The maximum Gasteiger partial charge on any atom is 0.154 e. The van der Waals surface area contributed by atoms with Gasteiger partial charge in [0.1, 0.15) is 23.1 Å². The number of benzene rings is 1. The topological polar surface area (TPSA) is 98.8 Å². The molecule has 3 aromatic heterocycles. The van der Waals surface area contributed by atoms with Crippen LogP contribution in [-0.4, -0.2) is 49.0 Å². The minimum atomic E-state index is -0.413. The predicted octanol–water partition coefficient (Wildman–Crippen LogP) is 3.77. The van der Waals surface area contributed by atoms with Crippen LogP contribution in [0, 0.1) is 5.82 Å². The number of nitrogens with one attached hydrogen (secondary N) is 1. The highest BCUT2D eigenvalue weighted by Gasteiger charge is 2.19. The molecule has 0 aliphatic carbocycles. The molecule has 0 spiro atoms. The van der Waals surface area contributed by atoms with E-state index in [0.717, 1.165) is 36.5 Å². The van der Waals surface area contributed by atoms with Crippen molar-refractivity contribution in [3.63, 3.8) is 0 Å². The molecule has 3 N–H and O–H groups in total. The first-order valence-electron chi connectivity index (χ1n) is 11.0. The van der Waals surface area contributed by atoms with Crippen molar-refractivity contribution in [2.24, 2.45) is 0 Å². The summed E-state index contributed by atoms with van der Waals surface area (Å²) in [6, 6.07) is 11.0. The number of aromatic nitrogens is 4. The Bertz CT molecular complexity index is 1290. The third-order valence-corrected chi connectivity index (χ3v) is 5.95. The third kappa shape index (κ3) is 4.31. The summed E-state index contributed by atoms with van der Waals surface area (Å²) in [5, 5.41) is 28.0. The van der Waals surface area contributed by atoms with Gasteiger partial charge in [0.05, 0.1) is 24.0 Å². The van der Waals surface area contributed by atoms with E-state index >= 15 is 0 Å². The number of rotatable bonds is 5. The van der Waals surface area contributed by atoms with Gasteiger partial charge in [-0.25, -0.2) is 13.9 Å². The van der Waals surface area contributed by atoms with Crippen molar-refractivity contribution >= 4 is 17.2 Å². The van der Waals surface area contributed by atoms with Gasteiger partial charge in [0.15, 0.2) is 5.65 Å². The second-order valence-corrected chi connectivity index (χ2v) is 8.34. The molecule has 1 aromatic carbocycles. The Kier molecular flexibility index (Phi) is 5.55. The summed E-state index contributed by atoms with van der Waals surface area (Å²) < 4.78 is 15.4. The zero-order valence-corrected chi connectivity index (χ0v) is 18.2. The van der Waals surface area contributed by atoms with Gasteiger partial charge < -0.3 is 20.4 Å². The Morgan fingerprint density at radius 3 is 2.88 bits per heavy atom. The number of phenolic OH excluding ortho intramolecular Hbond substituents is 1. The van der Waals surface area contributed by atoms with Crippen molar-refractivity contribution in [1.29, 1.82) is 0 Å². The fourth-order valence-corrected chi connectivity index (χ4v) is 4.24. The van der Waals surface area contributed by atoms with Gasteiger partial charge in [-0.2, -0.15) is 0 Å². The zero-order valence-electron chi connectivity index (χ0n) is 18.2. The predicted molar refractivity (Wildman–Crippen MR) is 124 cm³/mol. The van der Waals surface area contributed by atoms with Crippen LogP contribution in [0.3, 0.4) is 0 Å². The molecule has 170 valence electrons. The molecule has 8 nitrogen and oxygen atoms in total. The number of pyridine rings is 1. The van der Waals surface area contributed by atoms with E-state index in [9.17, 15) is 14.6 Å². The van der Waals surface area contributed by atoms with Crippen LogP contribution >= 0.6 is 0 Å². The van der Waals surface area contributed by atoms with E-state index in [1.165, 1.54) is 18.2 Å². The number of aromatic hydroxyl groups is 1. The maximum atomic E-state index is 13.7. The highest BCUT2D eigenvalue weighted by atomic mass is 19.1. The molecule has 0 amide bonds. The van der Waals surface area contributed by atoms with Crippen molar-refractivity contribution < 1.29 is 14.6 Å². The van der Waals surface area contributed by atoms with E-state index in [0.29, 0.717) is 23.6 Å². The molecule has 5 rings (SSSR count). The van der Waals surface area contributed by atoms with Crippen molar-refractivity contribution in [2.45, 2.75) is 31.9 Å². The number of anilines is 2. The monoisotopic (exact) mass is 448 g/mol. The molecule has 1 fully saturated rings. The van der Waals surface area contributed by atoms with Crippen LogP contribution in [0.15, 0.2) is 54.9 Å². The molecular weight excluding hydrogens is 423 g/mol. The van der Waals surface area contributed by atoms with Crippen molar-refractivity contribution in [1.82, 2.24) is 19.6 Å². The minimum absolute atomic E-state index is 0.0182. The van der Waals surface area contributed by atoms with Gasteiger partial charge in [0, 0.05) is 30.5 Å². The smallest absolute Gasteiger partial charge is 0.154 e. The Hall–Kier alpha value is -3.72. The molecule has 1 aliphatic heterocycles. The van der Waals surface area contributed by atoms with Crippen LogP contribution in [0.25, 0.3) is 17.0 Å². The van der Waals surface area contributed by atoms with Crippen LogP contribution < -0.4 is 10.2 Å². The summed E-state index contributed by atoms with van der Waals surface area (Å²) in [7, 11) is 0. The molecule has 0 bridgehead atoms. The average Bonchev–Trinajstić information content (AvgIpc) is 3.24. The van der Waals surface area contributed by atoms with Crippen LogP contribution in [0.2, 0.25) is 0 Å². The molecule has 0 unspecified atom stereocenters. The lowest BCUT2D eigenvalue weighted by Crippen LogP contribution is -2.38. The Morgan fingerprint density at radius 1 is 1.15 bits per heavy atom. The molecule has 1 saturated heterocycles. The van der Waals surface area contributed by atoms with Gasteiger partial charge in [-0.1, -0.05) is 0 Å². The number of hydrogen-bond acceptors (Lipinski definition) is 7. The highest BCUT2D eigenvalue weighted by molar-refractivity contribution is 5.65. The summed E-state index contributed by atoms with van der Waals surface area (Å²) >= 11 is 0. The van der Waals surface area contributed by atoms with E-state index < -0.39 is 5.82 Å². The zero-order chi connectivity index (χ0) is 22.9. The minimum Gasteiger partial charge on any atom is -0.508 e. The van der Waals surface area contributed by atoms with Gasteiger partial charge in [-0.05, 0) is 62.2 Å². The van der Waals surface area contributed by atoms with Gasteiger partial charge in [0.25, 0.3) is 0 Å². The number of piperidine rings is 1. The number of aliphatic hydroxyl groups is 1. The second-order valence-electron chi connectivity index (χ2n) is 8.34. The second kappa shape index (κ2) is 8.67. The quantitative estimate of drug-likeness (QED) is 0.427. The standard InChI is InChI=1S/C24H25FN6O2/c1-15(19-11-16(25)4-5-22(19)33)28-23-6-7-24-27-13-21(31(24)29-23)20-12-17(8-9-26-20)30-10-2-3-18(32)14-30/h4-9,11-13,15,18,32-33H,2-3,10,14H2,1H3,(H,28,29)/t15-,18-/m1/s1. The molecular formula is C24H25FN6O2. The van der Waals surface area contributed by atoms with Crippen molar-refractivity contribution in [3.05, 3.63) is 66.2 Å². The normalized spacial score (nSPS) is 17.3.